The van der Waals surface area contributed by atoms with Gasteiger partial charge < -0.3 is 4.43 Å². The second-order valence-electron chi connectivity index (χ2n) is 6.96. The van der Waals surface area contributed by atoms with E-state index in [0.717, 1.165) is 5.92 Å². The molecule has 2 aliphatic carbocycles. The third-order valence-electron chi connectivity index (χ3n) is 6.05. The van der Waals surface area contributed by atoms with Crippen molar-refractivity contribution in [3.05, 3.63) is 12.2 Å². The average Bonchev–Trinajstić information content (AvgIpc) is 2.47. The highest BCUT2D eigenvalue weighted by atomic mass is 28.4. The summed E-state index contributed by atoms with van der Waals surface area (Å²) in [4.78, 5) is 0. The molecule has 2 heteroatoms. The van der Waals surface area contributed by atoms with E-state index in [2.05, 4.69) is 32.9 Å². The summed E-state index contributed by atoms with van der Waals surface area (Å²) >= 11 is 0. The first kappa shape index (κ1) is 16.3. The largest absolute Gasteiger partial charge is 0.411 e. The molecule has 20 heavy (non-hydrogen) atoms. The zero-order chi connectivity index (χ0) is 14.5. The molecule has 0 aromatic heterocycles. The minimum absolute atomic E-state index is 0.212. The fourth-order valence-corrected chi connectivity index (χ4v) is 7.56. The van der Waals surface area contributed by atoms with Crippen LogP contribution in [0.5, 0.6) is 0 Å². The van der Waals surface area contributed by atoms with Gasteiger partial charge in [-0.2, -0.15) is 0 Å². The van der Waals surface area contributed by atoms with Crippen molar-refractivity contribution in [2.75, 3.05) is 0 Å². The monoisotopic (exact) mass is 294 g/mol. The Labute approximate surface area is 127 Å². The lowest BCUT2D eigenvalue weighted by Gasteiger charge is -2.50. The van der Waals surface area contributed by atoms with Gasteiger partial charge in [0, 0.05) is 0 Å². The summed E-state index contributed by atoms with van der Waals surface area (Å²) in [5.41, 5.74) is 0.212. The first-order valence-corrected chi connectivity index (χ1v) is 11.6. The third kappa shape index (κ3) is 3.39. The maximum absolute atomic E-state index is 7.14. The van der Waals surface area contributed by atoms with E-state index in [4.69, 9.17) is 4.43 Å². The zero-order valence-electron chi connectivity index (χ0n) is 13.9. The third-order valence-corrected chi connectivity index (χ3v) is 10.8. The first-order valence-electron chi connectivity index (χ1n) is 9.05. The second kappa shape index (κ2) is 7.26. The number of allylic oxidation sites excluding steroid dienone is 1. The van der Waals surface area contributed by atoms with Crippen LogP contribution >= 0.6 is 0 Å². The summed E-state index contributed by atoms with van der Waals surface area (Å²) in [7, 11) is -1.49. The molecular formula is C18H34OSi. The SMILES string of the molecule is CC[Si](CC)(CC)O[C@@]12C/C=C\CCC[C@@H]1CCCC2. The minimum atomic E-state index is -1.49. The lowest BCUT2D eigenvalue weighted by molar-refractivity contribution is -0.0366. The number of rotatable bonds is 5. The van der Waals surface area contributed by atoms with Crippen LogP contribution < -0.4 is 0 Å². The summed E-state index contributed by atoms with van der Waals surface area (Å²) < 4.78 is 7.14. The normalized spacial score (nSPS) is 33.0. The molecule has 0 aliphatic heterocycles. The van der Waals surface area contributed by atoms with Crippen LogP contribution in [-0.4, -0.2) is 13.9 Å². The van der Waals surface area contributed by atoms with Crippen molar-refractivity contribution >= 4 is 8.32 Å². The van der Waals surface area contributed by atoms with E-state index in [1.165, 1.54) is 69.5 Å². The quantitative estimate of drug-likeness (QED) is 0.442. The smallest absolute Gasteiger partial charge is 0.192 e. The Kier molecular flexibility index (Phi) is 5.92. The van der Waals surface area contributed by atoms with Gasteiger partial charge >= 0.3 is 0 Å². The van der Waals surface area contributed by atoms with Crippen LogP contribution in [0.1, 0.15) is 72.1 Å². The Balaban J connectivity index is 2.24. The van der Waals surface area contributed by atoms with Gasteiger partial charge in [0.2, 0.25) is 0 Å². The van der Waals surface area contributed by atoms with E-state index in [-0.39, 0.29) is 5.60 Å². The minimum Gasteiger partial charge on any atom is -0.411 e. The molecule has 2 aliphatic rings. The molecule has 0 heterocycles. The van der Waals surface area contributed by atoms with Gasteiger partial charge in [0.25, 0.3) is 0 Å². The van der Waals surface area contributed by atoms with Gasteiger partial charge in [0.15, 0.2) is 8.32 Å². The second-order valence-corrected chi connectivity index (χ2v) is 11.7. The highest BCUT2D eigenvalue weighted by molar-refractivity contribution is 6.73. The number of hydrogen-bond donors (Lipinski definition) is 0. The van der Waals surface area contributed by atoms with Crippen LogP contribution in [0.4, 0.5) is 0 Å². The van der Waals surface area contributed by atoms with Gasteiger partial charge in [0.1, 0.15) is 0 Å². The predicted octanol–water partition coefficient (Wildman–Crippen LogP) is 6.07. The first-order chi connectivity index (χ1) is 9.70. The topological polar surface area (TPSA) is 9.23 Å². The van der Waals surface area contributed by atoms with Gasteiger partial charge in [-0.3, -0.25) is 0 Å². The molecule has 2 rings (SSSR count). The molecule has 0 aromatic carbocycles. The molecule has 0 saturated heterocycles. The lowest BCUT2D eigenvalue weighted by Crippen LogP contribution is -2.52. The van der Waals surface area contributed by atoms with Gasteiger partial charge in [-0.05, 0) is 62.6 Å². The molecule has 1 nitrogen and oxygen atoms in total. The summed E-state index contributed by atoms with van der Waals surface area (Å²) in [6.45, 7) is 7.10. The predicted molar refractivity (Wildman–Crippen MR) is 90.6 cm³/mol. The molecule has 0 amide bonds. The fourth-order valence-electron chi connectivity index (χ4n) is 4.41. The molecule has 0 aromatic rings. The maximum atomic E-state index is 7.14. The Morgan fingerprint density at radius 1 is 1.00 bits per heavy atom. The van der Waals surface area contributed by atoms with Crippen molar-refractivity contribution in [3.63, 3.8) is 0 Å². The molecule has 0 bridgehead atoms. The van der Waals surface area contributed by atoms with E-state index in [9.17, 15) is 0 Å². The highest BCUT2D eigenvalue weighted by Crippen LogP contribution is 2.46. The molecule has 1 saturated carbocycles. The van der Waals surface area contributed by atoms with Crippen molar-refractivity contribution in [2.24, 2.45) is 5.92 Å². The summed E-state index contributed by atoms with van der Waals surface area (Å²) in [5.74, 6) is 0.831. The van der Waals surface area contributed by atoms with Crippen LogP contribution in [0.2, 0.25) is 18.1 Å². The van der Waals surface area contributed by atoms with Crippen molar-refractivity contribution in [3.8, 4) is 0 Å². The molecule has 0 radical (unpaired) electrons. The fraction of sp³-hybridized carbons (Fsp3) is 0.889. The van der Waals surface area contributed by atoms with Gasteiger partial charge in [-0.25, -0.2) is 0 Å². The molecule has 2 atom stereocenters. The van der Waals surface area contributed by atoms with Gasteiger partial charge in [0.05, 0.1) is 5.60 Å². The van der Waals surface area contributed by atoms with E-state index < -0.39 is 8.32 Å². The van der Waals surface area contributed by atoms with Crippen molar-refractivity contribution in [2.45, 2.75) is 95.9 Å². The zero-order valence-corrected chi connectivity index (χ0v) is 14.9. The van der Waals surface area contributed by atoms with Crippen molar-refractivity contribution < 1.29 is 4.43 Å². The van der Waals surface area contributed by atoms with E-state index in [1.54, 1.807) is 0 Å². The van der Waals surface area contributed by atoms with E-state index in [0.29, 0.717) is 0 Å². The van der Waals surface area contributed by atoms with E-state index in [1.807, 2.05) is 0 Å². The number of fused-ring (bicyclic) bond motifs is 1. The van der Waals surface area contributed by atoms with Crippen LogP contribution in [0.25, 0.3) is 0 Å². The molecular weight excluding hydrogens is 260 g/mol. The van der Waals surface area contributed by atoms with Crippen LogP contribution in [0.15, 0.2) is 12.2 Å². The number of hydrogen-bond acceptors (Lipinski definition) is 1. The molecule has 0 spiro atoms. The summed E-state index contributed by atoms with van der Waals surface area (Å²) in [6, 6.07) is 3.87. The Morgan fingerprint density at radius 2 is 1.70 bits per heavy atom. The Bertz CT molecular complexity index is 313. The Hall–Kier alpha value is -0.0831. The van der Waals surface area contributed by atoms with Crippen LogP contribution in [0, 0.1) is 5.92 Å². The van der Waals surface area contributed by atoms with Gasteiger partial charge in [-0.1, -0.05) is 45.8 Å². The summed E-state index contributed by atoms with van der Waals surface area (Å²) in [5, 5.41) is 0. The van der Waals surface area contributed by atoms with Crippen LogP contribution in [-0.2, 0) is 4.43 Å². The average molecular weight is 295 g/mol. The van der Waals surface area contributed by atoms with Crippen LogP contribution in [0.3, 0.4) is 0 Å². The van der Waals surface area contributed by atoms with Gasteiger partial charge in [-0.15, -0.1) is 0 Å². The summed E-state index contributed by atoms with van der Waals surface area (Å²) in [6.07, 6.45) is 15.6. The van der Waals surface area contributed by atoms with Crippen molar-refractivity contribution in [1.82, 2.24) is 0 Å². The Morgan fingerprint density at radius 3 is 2.40 bits per heavy atom. The lowest BCUT2D eigenvalue weighted by atomic mass is 9.70. The molecule has 0 unspecified atom stereocenters. The molecule has 0 N–H and O–H groups in total. The highest BCUT2D eigenvalue weighted by Gasteiger charge is 2.46. The van der Waals surface area contributed by atoms with E-state index >= 15 is 0 Å². The maximum Gasteiger partial charge on any atom is 0.192 e. The standard InChI is InChI=1S/C18H34OSi/c1-4-20(5-2,6-3)19-18-15-11-8-7-9-13-17(18)14-10-12-16-18/h8,11,17H,4-7,9-10,12-16H2,1-3H3/b11-8-/t17-,18-/m1/s1. The molecule has 116 valence electrons. The molecule has 1 fully saturated rings. The van der Waals surface area contributed by atoms with Crippen molar-refractivity contribution in [1.29, 1.82) is 0 Å².